The molecule has 0 heterocycles. The van der Waals surface area contributed by atoms with Crippen LogP contribution in [0.4, 0.5) is 0 Å². The molecule has 0 aliphatic carbocycles. The number of halogens is 2. The van der Waals surface area contributed by atoms with E-state index >= 15 is 0 Å². The average Bonchev–Trinajstić information content (AvgIpc) is 3.12. The summed E-state index contributed by atoms with van der Waals surface area (Å²) in [7, 11) is 0. The van der Waals surface area contributed by atoms with Gasteiger partial charge in [0, 0.05) is 0 Å². The molecule has 3 rings (SSSR count). The van der Waals surface area contributed by atoms with Gasteiger partial charge in [-0.3, -0.25) is 0 Å². The number of hydrogen-bond donors (Lipinski definition) is 0. The van der Waals surface area contributed by atoms with Gasteiger partial charge in [-0.1, -0.05) is 32.8 Å². The number of benzene rings is 1. The van der Waals surface area contributed by atoms with E-state index in [1.165, 1.54) is 16.3 Å². The van der Waals surface area contributed by atoms with E-state index in [4.69, 9.17) is 0 Å². The predicted molar refractivity (Wildman–Crippen MR) is 91.3 cm³/mol. The molecule has 0 fully saturated rings. The molecule has 0 aliphatic heterocycles. The predicted octanol–water partition coefficient (Wildman–Crippen LogP) is 0.324. The molecule has 0 aromatic heterocycles. The molecule has 3 heteroatoms. The maximum Gasteiger partial charge on any atom is 2.00 e. The standard InChI is InChI=1S/C9H7.C8H11.C3H7.2ClH.Zr/c1-2-5-9-7-3-6-8(9)4-1;1-7(2)8-5-3-4-6-8;1-3-2;;;/h1-7H;3-7H,1-2H3;1,3H2,2H3;2*1H;/q3*-1;;;+2/p-2. The molecule has 0 saturated heterocycles. The van der Waals surface area contributed by atoms with Gasteiger partial charge < -0.3 is 31.7 Å². The largest absolute Gasteiger partial charge is 2.00 e. The summed E-state index contributed by atoms with van der Waals surface area (Å²) in [6.45, 7) is 9.91. The van der Waals surface area contributed by atoms with Crippen LogP contribution in [0.2, 0.25) is 0 Å². The van der Waals surface area contributed by atoms with Crippen LogP contribution < -0.4 is 24.8 Å². The molecule has 23 heavy (non-hydrogen) atoms. The first kappa shape index (κ1) is 27.5. The van der Waals surface area contributed by atoms with E-state index in [2.05, 4.69) is 87.5 Å². The van der Waals surface area contributed by atoms with E-state index in [9.17, 15) is 0 Å². The maximum atomic E-state index is 3.49. The molecular weight excluding hydrogens is 402 g/mol. The number of rotatable bonds is 1. The van der Waals surface area contributed by atoms with Gasteiger partial charge in [0.25, 0.3) is 0 Å². The van der Waals surface area contributed by atoms with E-state index in [-0.39, 0.29) is 51.0 Å². The second-order valence-electron chi connectivity index (χ2n) is 5.03. The van der Waals surface area contributed by atoms with Gasteiger partial charge in [-0.05, 0) is 0 Å². The first-order chi connectivity index (χ1) is 9.69. The number of hydrogen-bond acceptors (Lipinski definition) is 0. The fraction of sp³-hybridized carbons (Fsp3) is 0.250. The molecule has 0 aliphatic rings. The van der Waals surface area contributed by atoms with Gasteiger partial charge in [0.15, 0.2) is 0 Å². The van der Waals surface area contributed by atoms with Crippen molar-refractivity contribution in [2.45, 2.75) is 33.1 Å². The molecule has 0 bridgehead atoms. The van der Waals surface area contributed by atoms with Crippen molar-refractivity contribution in [3.63, 3.8) is 0 Å². The van der Waals surface area contributed by atoms with E-state index in [0.717, 1.165) is 6.42 Å². The summed E-state index contributed by atoms with van der Waals surface area (Å²) in [6.07, 6.45) is 1.00. The third-order valence-corrected chi connectivity index (χ3v) is 2.90. The van der Waals surface area contributed by atoms with Gasteiger partial charge in [0.1, 0.15) is 0 Å². The Bertz CT molecular complexity index is 538. The Morgan fingerprint density at radius 1 is 1.00 bits per heavy atom. The Labute approximate surface area is 173 Å². The van der Waals surface area contributed by atoms with Crippen molar-refractivity contribution >= 4 is 10.8 Å². The molecule has 3 aromatic rings. The Morgan fingerprint density at radius 2 is 1.61 bits per heavy atom. The van der Waals surface area contributed by atoms with Crippen molar-refractivity contribution in [1.29, 1.82) is 0 Å². The van der Waals surface area contributed by atoms with Crippen LogP contribution in [0.3, 0.4) is 0 Å². The monoisotopic (exact) mass is 425 g/mol. The van der Waals surface area contributed by atoms with E-state index in [1.807, 2.05) is 6.92 Å². The zero-order valence-corrected chi connectivity index (χ0v) is 18.1. The molecule has 0 unspecified atom stereocenters. The van der Waals surface area contributed by atoms with E-state index in [1.54, 1.807) is 0 Å². The Kier molecular flexibility index (Phi) is 19.7. The van der Waals surface area contributed by atoms with Gasteiger partial charge in [-0.15, -0.1) is 29.7 Å². The summed E-state index contributed by atoms with van der Waals surface area (Å²) in [5.41, 5.74) is 1.44. The molecule has 0 nitrogen and oxygen atoms in total. The van der Waals surface area contributed by atoms with Crippen molar-refractivity contribution in [2.24, 2.45) is 0 Å². The van der Waals surface area contributed by atoms with Crippen LogP contribution in [0.15, 0.2) is 66.7 Å². The zero-order valence-electron chi connectivity index (χ0n) is 14.1. The van der Waals surface area contributed by atoms with Crippen LogP contribution in [0, 0.1) is 6.92 Å². The maximum absolute atomic E-state index is 3.49. The summed E-state index contributed by atoms with van der Waals surface area (Å²) >= 11 is 0. The van der Waals surface area contributed by atoms with Crippen molar-refractivity contribution in [2.75, 3.05) is 0 Å². The Hall–Kier alpha value is -0.357. The molecular formula is C20H25Cl2Zr-3. The van der Waals surface area contributed by atoms with E-state index in [0.29, 0.717) is 5.92 Å². The fourth-order valence-corrected chi connectivity index (χ4v) is 1.84. The first-order valence-corrected chi connectivity index (χ1v) is 7.30. The summed E-state index contributed by atoms with van der Waals surface area (Å²) < 4.78 is 0. The first-order valence-electron chi connectivity index (χ1n) is 7.30. The minimum absolute atomic E-state index is 0. The van der Waals surface area contributed by atoms with Crippen LogP contribution in [-0.4, -0.2) is 0 Å². The fourth-order valence-electron chi connectivity index (χ4n) is 1.84. The summed E-state index contributed by atoms with van der Waals surface area (Å²) in [4.78, 5) is 0. The van der Waals surface area contributed by atoms with Crippen LogP contribution in [-0.2, 0) is 26.2 Å². The zero-order chi connectivity index (χ0) is 14.8. The molecule has 3 aromatic carbocycles. The minimum atomic E-state index is 0. The Morgan fingerprint density at radius 3 is 2.04 bits per heavy atom. The quantitative estimate of drug-likeness (QED) is 0.491. The van der Waals surface area contributed by atoms with Crippen LogP contribution in [0.25, 0.3) is 10.8 Å². The van der Waals surface area contributed by atoms with E-state index < -0.39 is 0 Å². The van der Waals surface area contributed by atoms with Gasteiger partial charge in [-0.2, -0.15) is 47.7 Å². The van der Waals surface area contributed by atoms with Crippen molar-refractivity contribution < 1.29 is 51.0 Å². The SMILES string of the molecule is CC(C)c1cc[cH-]c1.[CH2-]CC.[Cl-].[Cl-].[Zr+2].c1ccc2[cH-]ccc2c1. The van der Waals surface area contributed by atoms with Gasteiger partial charge in [-0.25, -0.2) is 6.07 Å². The third-order valence-electron chi connectivity index (χ3n) is 2.90. The molecule has 126 valence electrons. The second kappa shape index (κ2) is 16.5. The summed E-state index contributed by atoms with van der Waals surface area (Å²) in [6, 6.07) is 23.1. The third kappa shape index (κ3) is 10.9. The van der Waals surface area contributed by atoms with Crippen LogP contribution >= 0.6 is 0 Å². The second-order valence-corrected chi connectivity index (χ2v) is 5.03. The smallest absolute Gasteiger partial charge is 1.00 e. The van der Waals surface area contributed by atoms with Crippen molar-refractivity contribution in [3.8, 4) is 0 Å². The minimum Gasteiger partial charge on any atom is -1.00 e. The normalized spacial score (nSPS) is 8.39. The van der Waals surface area contributed by atoms with Crippen LogP contribution in [0.1, 0.15) is 38.7 Å². The molecule has 0 amide bonds. The molecule has 0 N–H and O–H groups in total. The van der Waals surface area contributed by atoms with Crippen molar-refractivity contribution in [1.82, 2.24) is 0 Å². The molecule has 0 saturated carbocycles. The van der Waals surface area contributed by atoms with Gasteiger partial charge in [0.05, 0.1) is 0 Å². The topological polar surface area (TPSA) is 0 Å². The summed E-state index contributed by atoms with van der Waals surface area (Å²) in [5.74, 6) is 0.685. The van der Waals surface area contributed by atoms with Gasteiger partial charge >= 0.3 is 26.2 Å². The van der Waals surface area contributed by atoms with Gasteiger partial charge in [0.2, 0.25) is 0 Å². The molecule has 0 atom stereocenters. The molecule has 0 spiro atoms. The average molecular weight is 428 g/mol. The number of fused-ring (bicyclic) bond motifs is 1. The molecule has 0 radical (unpaired) electrons. The van der Waals surface area contributed by atoms with Crippen LogP contribution in [0.5, 0.6) is 0 Å². The Balaban J connectivity index is -0.000000270. The summed E-state index contributed by atoms with van der Waals surface area (Å²) in [5, 5.41) is 2.66. The van der Waals surface area contributed by atoms with Crippen molar-refractivity contribution in [3.05, 3.63) is 79.2 Å².